The van der Waals surface area contributed by atoms with Crippen LogP contribution in [-0.2, 0) is 34.6 Å². The number of aliphatic carboxylic acids is 1. The molecule has 2 saturated heterocycles. The number of rotatable bonds is 8. The topological polar surface area (TPSA) is 213 Å². The SMILES string of the molecule is Cc1ccccc1S(=O)(=O)NC(=O)N(C(C(=O)N[C@@H]1C(=O)N2[C@@H]1SC(C)(C)[C@@H]2C(=O)O)c1ccccc1)S(N)(=O)=O. The van der Waals surface area contributed by atoms with Gasteiger partial charge in [0, 0.05) is 4.75 Å². The standard InChI is InChI=1S/C24H27N5O9S3/c1-13-9-7-8-12-15(13)40(35,36)27-23(34)29(41(25,37)38)17(14-10-5-4-6-11-14)19(30)26-16-20(31)28-18(22(32)33)24(2,3)39-21(16)28/h4-12,16-18,21H,1-3H3,(H,26,30)(H,27,34)(H,32,33)(H2,25,37,38)/t16-,17?,18+,21-/m1/s1. The van der Waals surface area contributed by atoms with E-state index in [0.29, 0.717) is 0 Å². The van der Waals surface area contributed by atoms with Crippen molar-refractivity contribution in [3.63, 3.8) is 0 Å². The molecule has 2 heterocycles. The van der Waals surface area contributed by atoms with Gasteiger partial charge in [0.2, 0.25) is 11.8 Å². The van der Waals surface area contributed by atoms with E-state index in [9.17, 15) is 41.1 Å². The second-order valence-corrected chi connectivity index (χ2v) is 14.8. The molecule has 4 rings (SSSR count). The predicted molar refractivity (Wildman–Crippen MR) is 147 cm³/mol. The van der Waals surface area contributed by atoms with Crippen LogP contribution in [0.2, 0.25) is 0 Å². The smallest absolute Gasteiger partial charge is 0.347 e. The van der Waals surface area contributed by atoms with Gasteiger partial charge in [-0.25, -0.2) is 27.9 Å². The molecule has 2 aromatic rings. The third-order valence-corrected chi connectivity index (χ3v) is 10.6. The third kappa shape index (κ3) is 5.61. The molecule has 0 aromatic heterocycles. The fraction of sp³-hybridized carbons (Fsp3) is 0.333. The predicted octanol–water partition coefficient (Wildman–Crippen LogP) is 0.272. The molecule has 4 atom stereocenters. The van der Waals surface area contributed by atoms with Crippen LogP contribution in [0.5, 0.6) is 0 Å². The molecule has 1 unspecified atom stereocenters. The molecule has 2 aromatic carbocycles. The summed E-state index contributed by atoms with van der Waals surface area (Å²) >= 11 is 1.14. The van der Waals surface area contributed by atoms with Crippen molar-refractivity contribution in [2.45, 2.75) is 53.9 Å². The van der Waals surface area contributed by atoms with Crippen LogP contribution < -0.4 is 15.2 Å². The summed E-state index contributed by atoms with van der Waals surface area (Å²) in [5, 5.41) is 16.6. The van der Waals surface area contributed by atoms with Crippen LogP contribution in [0.4, 0.5) is 4.79 Å². The van der Waals surface area contributed by atoms with Crippen molar-refractivity contribution in [3.8, 4) is 0 Å². The molecule has 0 spiro atoms. The van der Waals surface area contributed by atoms with Crippen molar-refractivity contribution in [2.24, 2.45) is 5.14 Å². The van der Waals surface area contributed by atoms with E-state index >= 15 is 0 Å². The highest BCUT2D eigenvalue weighted by molar-refractivity contribution is 8.01. The van der Waals surface area contributed by atoms with E-state index in [0.717, 1.165) is 16.7 Å². The Bertz CT molecular complexity index is 1630. The number of sulfonamides is 1. The van der Waals surface area contributed by atoms with E-state index in [1.807, 2.05) is 0 Å². The first-order chi connectivity index (χ1) is 19.0. The number of nitrogens with one attached hydrogen (secondary N) is 2. The number of thioether (sulfide) groups is 1. The summed E-state index contributed by atoms with van der Waals surface area (Å²) in [5.41, 5.74) is 0.200. The van der Waals surface area contributed by atoms with Crippen molar-refractivity contribution in [2.75, 3.05) is 0 Å². The molecule has 17 heteroatoms. The summed E-state index contributed by atoms with van der Waals surface area (Å²) in [6, 6.07) is 6.53. The van der Waals surface area contributed by atoms with E-state index in [2.05, 4.69) is 5.32 Å². The fourth-order valence-electron chi connectivity index (χ4n) is 4.86. The van der Waals surface area contributed by atoms with Gasteiger partial charge in [0.1, 0.15) is 17.5 Å². The second kappa shape index (κ2) is 10.6. The molecule has 41 heavy (non-hydrogen) atoms. The van der Waals surface area contributed by atoms with Crippen LogP contribution in [0.3, 0.4) is 0 Å². The van der Waals surface area contributed by atoms with Gasteiger partial charge in [-0.15, -0.1) is 11.8 Å². The molecule has 4 amide bonds. The number of benzene rings is 2. The lowest BCUT2D eigenvalue weighted by molar-refractivity contribution is -0.161. The first-order valence-corrected chi connectivity index (χ1v) is 15.9. The van der Waals surface area contributed by atoms with Gasteiger partial charge >= 0.3 is 22.2 Å². The Morgan fingerprint density at radius 3 is 2.20 bits per heavy atom. The van der Waals surface area contributed by atoms with Crippen LogP contribution >= 0.6 is 11.8 Å². The Labute approximate surface area is 240 Å². The lowest BCUT2D eigenvalue weighted by Crippen LogP contribution is -2.71. The quantitative estimate of drug-likeness (QED) is 0.294. The lowest BCUT2D eigenvalue weighted by Gasteiger charge is -2.44. The number of fused-ring (bicyclic) bond motifs is 1. The zero-order valence-corrected chi connectivity index (χ0v) is 24.4. The highest BCUT2D eigenvalue weighted by Crippen LogP contribution is 2.50. The van der Waals surface area contributed by atoms with E-state index < -0.39 is 72.3 Å². The number of carbonyl (C=O) groups is 4. The van der Waals surface area contributed by atoms with Crippen molar-refractivity contribution in [1.29, 1.82) is 0 Å². The number of aryl methyl sites for hydroxylation is 1. The van der Waals surface area contributed by atoms with Crippen LogP contribution in [-0.4, -0.2) is 77.2 Å². The minimum Gasteiger partial charge on any atom is -0.480 e. The molecular formula is C24H27N5O9S3. The number of nitrogens with two attached hydrogens (primary N) is 1. The molecule has 0 saturated carbocycles. The maximum atomic E-state index is 13.6. The summed E-state index contributed by atoms with van der Waals surface area (Å²) in [4.78, 5) is 52.5. The van der Waals surface area contributed by atoms with Crippen LogP contribution in [0.1, 0.15) is 31.0 Å². The summed E-state index contributed by atoms with van der Waals surface area (Å²) < 4.78 is 52.0. The minimum absolute atomic E-state index is 0.0612. The first-order valence-electron chi connectivity index (χ1n) is 12.0. The van der Waals surface area contributed by atoms with Crippen molar-refractivity contribution in [3.05, 3.63) is 65.7 Å². The Morgan fingerprint density at radius 1 is 1.05 bits per heavy atom. The summed E-state index contributed by atoms with van der Waals surface area (Å²) in [6.45, 7) is 4.73. The first kappa shape index (κ1) is 30.3. The molecule has 0 bridgehead atoms. The zero-order valence-electron chi connectivity index (χ0n) is 21.9. The number of hydrogen-bond acceptors (Lipinski definition) is 9. The number of urea groups is 1. The van der Waals surface area contributed by atoms with Crippen molar-refractivity contribution < 1.29 is 41.1 Å². The third-order valence-electron chi connectivity index (χ3n) is 6.65. The van der Waals surface area contributed by atoms with Gasteiger partial charge in [-0.05, 0) is 38.0 Å². The van der Waals surface area contributed by atoms with Crippen LogP contribution in [0, 0.1) is 6.92 Å². The fourth-order valence-corrected chi connectivity index (χ4v) is 8.52. The number of carboxylic acid groups (broad SMARTS) is 1. The number of amides is 4. The maximum absolute atomic E-state index is 13.6. The molecule has 5 N–H and O–H groups in total. The molecule has 0 aliphatic carbocycles. The summed E-state index contributed by atoms with van der Waals surface area (Å²) in [6.07, 6.45) is 0. The Balaban J connectivity index is 1.69. The van der Waals surface area contributed by atoms with Gasteiger partial charge < -0.3 is 15.3 Å². The Hall–Kier alpha value is -3.67. The molecule has 14 nitrogen and oxygen atoms in total. The van der Waals surface area contributed by atoms with Crippen LogP contribution in [0.15, 0.2) is 59.5 Å². The lowest BCUT2D eigenvalue weighted by atomic mass is 9.95. The minimum atomic E-state index is -5.10. The molecular weight excluding hydrogens is 598 g/mol. The van der Waals surface area contributed by atoms with Gasteiger partial charge in [0.25, 0.3) is 10.0 Å². The molecule has 220 valence electrons. The monoisotopic (exact) mass is 625 g/mol. The van der Waals surface area contributed by atoms with Gasteiger partial charge in [0.05, 0.1) is 4.90 Å². The molecule has 2 aliphatic rings. The number of carboxylic acids is 1. The summed E-state index contributed by atoms with van der Waals surface area (Å²) in [7, 11) is -9.71. The van der Waals surface area contributed by atoms with E-state index in [4.69, 9.17) is 5.14 Å². The number of nitrogens with zero attached hydrogens (tertiary/aromatic N) is 2. The highest BCUT2D eigenvalue weighted by atomic mass is 32.2. The number of β-lactam (4-membered cyclic amide) rings is 1. The molecule has 0 radical (unpaired) electrons. The van der Waals surface area contributed by atoms with E-state index in [1.54, 1.807) is 30.7 Å². The van der Waals surface area contributed by atoms with E-state index in [-0.39, 0.29) is 20.3 Å². The van der Waals surface area contributed by atoms with Gasteiger partial charge in [-0.1, -0.05) is 48.5 Å². The molecule has 2 aliphatic heterocycles. The number of hydrogen-bond donors (Lipinski definition) is 4. The van der Waals surface area contributed by atoms with Gasteiger partial charge in [-0.2, -0.15) is 12.7 Å². The summed E-state index contributed by atoms with van der Waals surface area (Å²) in [5.74, 6) is -3.10. The zero-order chi connectivity index (χ0) is 30.5. The average Bonchev–Trinajstić information content (AvgIpc) is 3.13. The number of carbonyl (C=O) groups excluding carboxylic acids is 3. The van der Waals surface area contributed by atoms with Gasteiger partial charge in [0.15, 0.2) is 6.04 Å². The maximum Gasteiger partial charge on any atom is 0.347 e. The van der Waals surface area contributed by atoms with Gasteiger partial charge in [-0.3, -0.25) is 9.59 Å². The average molecular weight is 626 g/mol. The Morgan fingerprint density at radius 2 is 1.63 bits per heavy atom. The molecule has 2 fully saturated rings. The second-order valence-electron chi connectivity index (χ2n) is 9.91. The van der Waals surface area contributed by atoms with Crippen LogP contribution in [0.25, 0.3) is 0 Å². The Kier molecular flexibility index (Phi) is 7.85. The van der Waals surface area contributed by atoms with Crippen molar-refractivity contribution >= 4 is 55.8 Å². The largest absolute Gasteiger partial charge is 0.480 e. The highest BCUT2D eigenvalue weighted by Gasteiger charge is 2.64. The normalized spacial score (nSPS) is 22.2. The van der Waals surface area contributed by atoms with E-state index in [1.165, 1.54) is 49.4 Å². The van der Waals surface area contributed by atoms with Crippen molar-refractivity contribution in [1.82, 2.24) is 19.2 Å².